The van der Waals surface area contributed by atoms with E-state index in [0.29, 0.717) is 38.2 Å². The number of likely N-dealkylation sites (tertiary alicyclic amines) is 1. The van der Waals surface area contributed by atoms with Gasteiger partial charge in [-0.05, 0) is 75.4 Å². The molecule has 0 aromatic heterocycles. The minimum atomic E-state index is -0.497. The third-order valence-corrected chi connectivity index (χ3v) is 6.38. The number of rotatable bonds is 6. The van der Waals surface area contributed by atoms with Gasteiger partial charge in [-0.25, -0.2) is 4.79 Å². The molecular weight excluding hydrogens is 460 g/mol. The number of nitrogens with one attached hydrogen (secondary N) is 1. The lowest BCUT2D eigenvalue weighted by Gasteiger charge is -2.38. The maximum atomic E-state index is 12.3. The van der Waals surface area contributed by atoms with Gasteiger partial charge in [0, 0.05) is 43.3 Å². The Morgan fingerprint density at radius 3 is 2.44 bits per heavy atom. The van der Waals surface area contributed by atoms with Crippen molar-refractivity contribution in [3.8, 4) is 16.9 Å². The van der Waals surface area contributed by atoms with E-state index >= 15 is 0 Å². The van der Waals surface area contributed by atoms with Gasteiger partial charge in [0.05, 0.1) is 6.61 Å². The molecule has 8 heteroatoms. The van der Waals surface area contributed by atoms with Crippen LogP contribution in [-0.4, -0.2) is 60.1 Å². The number of hydrogen-bond acceptors (Lipinski definition) is 6. The monoisotopic (exact) mass is 496 g/mol. The van der Waals surface area contributed by atoms with E-state index in [1.807, 2.05) is 45.0 Å². The molecule has 1 atom stereocenters. The van der Waals surface area contributed by atoms with Crippen molar-refractivity contribution in [3.63, 3.8) is 0 Å². The molecular formula is C28H36N2O6. The number of nitrogens with zero attached hydrogens (tertiary/aromatic N) is 1. The average Bonchev–Trinajstić information content (AvgIpc) is 2.87. The van der Waals surface area contributed by atoms with Gasteiger partial charge >= 0.3 is 6.09 Å². The average molecular weight is 497 g/mol. The van der Waals surface area contributed by atoms with Gasteiger partial charge in [0.1, 0.15) is 11.4 Å². The summed E-state index contributed by atoms with van der Waals surface area (Å²) in [6.45, 7) is 7.85. The lowest BCUT2D eigenvalue weighted by molar-refractivity contribution is -0.149. The summed E-state index contributed by atoms with van der Waals surface area (Å²) in [5, 5.41) is 11.6. The van der Waals surface area contributed by atoms with Crippen LogP contribution in [0.1, 0.15) is 56.0 Å². The fraction of sp³-hybridized carbons (Fsp3) is 0.500. The van der Waals surface area contributed by atoms with E-state index in [4.69, 9.17) is 19.3 Å². The van der Waals surface area contributed by atoms with Crippen LogP contribution in [0.5, 0.6) is 5.75 Å². The van der Waals surface area contributed by atoms with Crippen molar-refractivity contribution in [2.45, 2.75) is 58.5 Å². The van der Waals surface area contributed by atoms with Crippen LogP contribution >= 0.6 is 0 Å². The number of aliphatic hydroxyl groups excluding tert-OH is 1. The standard InChI is InChI=1S/C28H36N2O6/c1-28(2,3)36-27(33)30-14-11-21(12-15-30)26-34-18-23-17-22(9-10-24(23)35-26)19-5-7-20(8-6-19)25(32)29-13-4-16-31/h5-10,17,21,26,31H,4,11-16,18H2,1-3H3,(H,29,32). The molecule has 0 bridgehead atoms. The molecule has 0 saturated carbocycles. The third-order valence-electron chi connectivity index (χ3n) is 6.38. The fourth-order valence-corrected chi connectivity index (χ4v) is 4.43. The summed E-state index contributed by atoms with van der Waals surface area (Å²) in [5.74, 6) is 0.891. The second-order valence-corrected chi connectivity index (χ2v) is 10.3. The Kier molecular flexibility index (Phi) is 8.16. The van der Waals surface area contributed by atoms with Crippen LogP contribution in [0, 0.1) is 5.92 Å². The molecule has 2 heterocycles. The molecule has 0 aliphatic carbocycles. The molecule has 1 unspecified atom stereocenters. The Labute approximate surface area is 212 Å². The van der Waals surface area contributed by atoms with Crippen molar-refractivity contribution in [1.82, 2.24) is 10.2 Å². The number of carbonyl (C=O) groups excluding carboxylic acids is 2. The summed E-state index contributed by atoms with van der Waals surface area (Å²) in [5.41, 5.74) is 3.10. The van der Waals surface area contributed by atoms with Gasteiger partial charge in [0.2, 0.25) is 6.29 Å². The number of piperidine rings is 1. The lowest BCUT2D eigenvalue weighted by Crippen LogP contribution is -2.45. The first-order valence-electron chi connectivity index (χ1n) is 12.6. The highest BCUT2D eigenvalue weighted by molar-refractivity contribution is 5.94. The molecule has 2 aliphatic heterocycles. The fourth-order valence-electron chi connectivity index (χ4n) is 4.43. The maximum Gasteiger partial charge on any atom is 0.410 e. The highest BCUT2D eigenvalue weighted by Gasteiger charge is 2.34. The Hall–Kier alpha value is -3.10. The van der Waals surface area contributed by atoms with E-state index < -0.39 is 5.60 Å². The van der Waals surface area contributed by atoms with E-state index in [2.05, 4.69) is 11.4 Å². The zero-order chi connectivity index (χ0) is 25.7. The molecule has 0 radical (unpaired) electrons. The number of hydrogen-bond donors (Lipinski definition) is 2. The number of ether oxygens (including phenoxy) is 3. The van der Waals surface area contributed by atoms with E-state index in [0.717, 1.165) is 35.3 Å². The number of fused-ring (bicyclic) bond motifs is 1. The van der Waals surface area contributed by atoms with Gasteiger partial charge in [-0.2, -0.15) is 0 Å². The van der Waals surface area contributed by atoms with Gasteiger partial charge in [0.15, 0.2) is 0 Å². The first-order valence-corrected chi connectivity index (χ1v) is 12.6. The Bertz CT molecular complexity index is 1050. The number of aliphatic hydroxyl groups is 1. The lowest BCUT2D eigenvalue weighted by atomic mass is 9.95. The molecule has 8 nitrogen and oxygen atoms in total. The Morgan fingerprint density at radius 1 is 1.08 bits per heavy atom. The normalized spacial score (nSPS) is 18.2. The van der Waals surface area contributed by atoms with Crippen molar-refractivity contribution in [1.29, 1.82) is 0 Å². The topological polar surface area (TPSA) is 97.3 Å². The number of carbonyl (C=O) groups is 2. The summed E-state index contributed by atoms with van der Waals surface area (Å²) >= 11 is 0. The van der Waals surface area contributed by atoms with Crippen molar-refractivity contribution < 1.29 is 28.9 Å². The van der Waals surface area contributed by atoms with Crippen LogP contribution in [0.4, 0.5) is 4.79 Å². The highest BCUT2D eigenvalue weighted by atomic mass is 16.7. The Balaban J connectivity index is 1.33. The molecule has 1 fully saturated rings. The largest absolute Gasteiger partial charge is 0.464 e. The zero-order valence-electron chi connectivity index (χ0n) is 21.3. The minimum Gasteiger partial charge on any atom is -0.464 e. The van der Waals surface area contributed by atoms with Gasteiger partial charge < -0.3 is 29.5 Å². The molecule has 1 saturated heterocycles. The molecule has 36 heavy (non-hydrogen) atoms. The van der Waals surface area contributed by atoms with Gasteiger partial charge in [-0.15, -0.1) is 0 Å². The van der Waals surface area contributed by atoms with E-state index in [-0.39, 0.29) is 30.8 Å². The maximum absolute atomic E-state index is 12.3. The molecule has 2 aromatic rings. The van der Waals surface area contributed by atoms with Crippen molar-refractivity contribution in [2.24, 2.45) is 5.92 Å². The van der Waals surface area contributed by atoms with Gasteiger partial charge in [0.25, 0.3) is 5.91 Å². The molecule has 2 aromatic carbocycles. The molecule has 2 N–H and O–H groups in total. The van der Waals surface area contributed by atoms with Gasteiger partial charge in [-0.3, -0.25) is 4.79 Å². The predicted octanol–water partition coefficient (Wildman–Crippen LogP) is 4.35. The van der Waals surface area contributed by atoms with E-state index in [1.165, 1.54) is 0 Å². The smallest absolute Gasteiger partial charge is 0.410 e. The molecule has 194 valence electrons. The quantitative estimate of drug-likeness (QED) is 0.577. The van der Waals surface area contributed by atoms with Crippen LogP contribution in [0.3, 0.4) is 0 Å². The van der Waals surface area contributed by atoms with E-state index in [1.54, 1.807) is 17.0 Å². The molecule has 2 aliphatic rings. The molecule has 4 rings (SSSR count). The molecule has 2 amide bonds. The van der Waals surface area contributed by atoms with Crippen LogP contribution in [0.15, 0.2) is 42.5 Å². The summed E-state index contributed by atoms with van der Waals surface area (Å²) in [6, 6.07) is 13.5. The highest BCUT2D eigenvalue weighted by Crippen LogP contribution is 2.35. The second-order valence-electron chi connectivity index (χ2n) is 10.3. The Morgan fingerprint density at radius 2 is 1.78 bits per heavy atom. The SMILES string of the molecule is CC(C)(C)OC(=O)N1CCC(C2OCc3cc(-c4ccc(C(=O)NCCCO)cc4)ccc3O2)CC1. The second kappa shape index (κ2) is 11.3. The first-order chi connectivity index (χ1) is 17.2. The predicted molar refractivity (Wildman–Crippen MR) is 136 cm³/mol. The summed E-state index contributed by atoms with van der Waals surface area (Å²) < 4.78 is 17.8. The summed E-state index contributed by atoms with van der Waals surface area (Å²) in [7, 11) is 0. The number of amides is 2. The van der Waals surface area contributed by atoms with E-state index in [9.17, 15) is 9.59 Å². The minimum absolute atomic E-state index is 0.0546. The van der Waals surface area contributed by atoms with Gasteiger partial charge in [-0.1, -0.05) is 18.2 Å². The molecule has 0 spiro atoms. The summed E-state index contributed by atoms with van der Waals surface area (Å²) in [6.07, 6.45) is 1.55. The summed E-state index contributed by atoms with van der Waals surface area (Å²) in [4.78, 5) is 26.3. The zero-order valence-corrected chi connectivity index (χ0v) is 21.3. The van der Waals surface area contributed by atoms with Crippen molar-refractivity contribution in [3.05, 3.63) is 53.6 Å². The first kappa shape index (κ1) is 26.0. The van der Waals surface area contributed by atoms with Crippen LogP contribution < -0.4 is 10.1 Å². The van der Waals surface area contributed by atoms with Crippen molar-refractivity contribution in [2.75, 3.05) is 26.2 Å². The van der Waals surface area contributed by atoms with Crippen LogP contribution in [-0.2, 0) is 16.1 Å². The number of benzene rings is 2. The third kappa shape index (κ3) is 6.56. The van der Waals surface area contributed by atoms with Crippen LogP contribution in [0.25, 0.3) is 11.1 Å². The van der Waals surface area contributed by atoms with Crippen LogP contribution in [0.2, 0.25) is 0 Å². The van der Waals surface area contributed by atoms with Crippen molar-refractivity contribution >= 4 is 12.0 Å².